The first kappa shape index (κ1) is 29.9. The molecule has 5 rings (SSSR count). The van der Waals surface area contributed by atoms with Crippen molar-refractivity contribution in [2.75, 3.05) is 29.5 Å². The minimum Gasteiger partial charge on any atom is -0.480 e. The van der Waals surface area contributed by atoms with E-state index in [1.807, 2.05) is 6.07 Å². The van der Waals surface area contributed by atoms with Gasteiger partial charge in [-0.25, -0.2) is 22.0 Å². The minimum atomic E-state index is -3.22. The number of fused-ring (bicyclic) bond motifs is 1. The summed E-state index contributed by atoms with van der Waals surface area (Å²) in [6.07, 6.45) is 1.33. The second kappa shape index (κ2) is 11.9. The molecule has 43 heavy (non-hydrogen) atoms. The Labute approximate surface area is 250 Å². The van der Waals surface area contributed by atoms with Crippen LogP contribution >= 0.6 is 11.6 Å². The molecule has 2 N–H and O–H groups in total. The molecule has 0 spiro atoms. The van der Waals surface area contributed by atoms with E-state index in [0.717, 1.165) is 12.1 Å². The van der Waals surface area contributed by atoms with Gasteiger partial charge in [0.05, 0.1) is 28.7 Å². The number of hydrogen-bond donors (Lipinski definition) is 2. The van der Waals surface area contributed by atoms with E-state index < -0.39 is 45.0 Å². The lowest BCUT2D eigenvalue weighted by molar-refractivity contribution is -0.139. The first-order valence-electron chi connectivity index (χ1n) is 13.0. The van der Waals surface area contributed by atoms with E-state index in [0.29, 0.717) is 38.2 Å². The zero-order valence-electron chi connectivity index (χ0n) is 22.4. The van der Waals surface area contributed by atoms with Gasteiger partial charge in [0.25, 0.3) is 5.91 Å². The van der Waals surface area contributed by atoms with Gasteiger partial charge in [-0.15, -0.1) is 0 Å². The Morgan fingerprint density at radius 2 is 1.74 bits per heavy atom. The van der Waals surface area contributed by atoms with E-state index >= 15 is 8.78 Å². The number of carboxylic acid groups (broad SMARTS) is 1. The molecular formula is C30H23ClF2N4O5S. The number of sulfone groups is 1. The highest BCUT2D eigenvalue weighted by molar-refractivity contribution is 7.91. The van der Waals surface area contributed by atoms with Crippen molar-refractivity contribution in [3.63, 3.8) is 0 Å². The summed E-state index contributed by atoms with van der Waals surface area (Å²) in [5.74, 6) is -5.41. The maximum absolute atomic E-state index is 15.0. The molecule has 9 nitrogen and oxygen atoms in total. The van der Waals surface area contributed by atoms with Crippen LogP contribution in [0.15, 0.2) is 60.8 Å². The van der Waals surface area contributed by atoms with Crippen LogP contribution < -0.4 is 10.2 Å². The number of halogens is 3. The Morgan fingerprint density at radius 3 is 2.37 bits per heavy atom. The van der Waals surface area contributed by atoms with Crippen molar-refractivity contribution in [1.29, 1.82) is 5.26 Å². The van der Waals surface area contributed by atoms with Gasteiger partial charge in [-0.2, -0.15) is 5.26 Å². The average molecular weight is 625 g/mol. The number of nitrogens with one attached hydrogen (secondary N) is 1. The van der Waals surface area contributed by atoms with Gasteiger partial charge in [-0.1, -0.05) is 35.9 Å². The smallest absolute Gasteiger partial charge is 0.326 e. The van der Waals surface area contributed by atoms with E-state index in [4.69, 9.17) is 16.9 Å². The number of nitriles is 1. The number of carbonyl (C=O) groups is 2. The summed E-state index contributed by atoms with van der Waals surface area (Å²) in [6, 6.07) is 13.9. The number of rotatable bonds is 7. The van der Waals surface area contributed by atoms with Crippen LogP contribution in [-0.4, -0.2) is 61.0 Å². The molecule has 4 aromatic rings. The SMILES string of the molecule is N#Cc1ccc(-c2ccc(CC(NC(=O)c3c(F)cc(N4CCS(=O)(=O)CC4)cc3F)C(=O)O)c3cccnc23)c(Cl)c1. The maximum Gasteiger partial charge on any atom is 0.326 e. The van der Waals surface area contributed by atoms with Gasteiger partial charge in [-0.05, 0) is 35.9 Å². The highest BCUT2D eigenvalue weighted by Gasteiger charge is 2.28. The molecular weight excluding hydrogens is 602 g/mol. The molecule has 0 aliphatic carbocycles. The molecule has 1 saturated heterocycles. The second-order valence-electron chi connectivity index (χ2n) is 9.97. The van der Waals surface area contributed by atoms with Crippen molar-refractivity contribution in [2.45, 2.75) is 12.5 Å². The molecule has 0 bridgehead atoms. The quantitative estimate of drug-likeness (QED) is 0.309. The predicted octanol–water partition coefficient (Wildman–Crippen LogP) is 4.37. The van der Waals surface area contributed by atoms with Crippen LogP contribution in [0.4, 0.5) is 14.5 Å². The van der Waals surface area contributed by atoms with E-state index in [9.17, 15) is 23.1 Å². The van der Waals surface area contributed by atoms with Crippen LogP contribution in [0.1, 0.15) is 21.5 Å². The fraction of sp³-hybridized carbons (Fsp3) is 0.200. The first-order chi connectivity index (χ1) is 20.5. The van der Waals surface area contributed by atoms with Crippen LogP contribution in [0.25, 0.3) is 22.0 Å². The van der Waals surface area contributed by atoms with Gasteiger partial charge in [0.1, 0.15) is 23.2 Å². The Balaban J connectivity index is 1.41. The highest BCUT2D eigenvalue weighted by atomic mass is 35.5. The Bertz CT molecular complexity index is 1890. The lowest BCUT2D eigenvalue weighted by atomic mass is 9.94. The lowest BCUT2D eigenvalue weighted by Gasteiger charge is -2.29. The molecule has 1 unspecified atom stereocenters. The summed E-state index contributed by atoms with van der Waals surface area (Å²) in [5, 5.41) is 22.2. The van der Waals surface area contributed by atoms with E-state index in [2.05, 4.69) is 10.3 Å². The molecule has 13 heteroatoms. The number of amides is 1. The molecule has 1 aliphatic heterocycles. The maximum atomic E-state index is 15.0. The van der Waals surface area contributed by atoms with E-state index in [1.54, 1.807) is 42.6 Å². The van der Waals surface area contributed by atoms with Crippen LogP contribution in [-0.2, 0) is 21.1 Å². The number of carbonyl (C=O) groups excluding carboxylic acids is 1. The number of nitrogens with zero attached hydrogens (tertiary/aromatic N) is 3. The molecule has 2 heterocycles. The number of hydrogen-bond acceptors (Lipinski definition) is 7. The summed E-state index contributed by atoms with van der Waals surface area (Å²) in [5.41, 5.74) is 1.77. The normalized spacial score (nSPS) is 15.1. The van der Waals surface area contributed by atoms with E-state index in [1.165, 1.54) is 11.0 Å². The van der Waals surface area contributed by atoms with Gasteiger partial charge >= 0.3 is 5.97 Å². The molecule has 1 aromatic heterocycles. The number of anilines is 1. The second-order valence-corrected chi connectivity index (χ2v) is 12.7. The summed E-state index contributed by atoms with van der Waals surface area (Å²) < 4.78 is 53.4. The number of benzene rings is 3. The van der Waals surface area contributed by atoms with Gasteiger partial charge in [-0.3, -0.25) is 9.78 Å². The van der Waals surface area contributed by atoms with Gasteiger partial charge in [0.2, 0.25) is 0 Å². The van der Waals surface area contributed by atoms with Crippen molar-refractivity contribution in [1.82, 2.24) is 10.3 Å². The van der Waals surface area contributed by atoms with Crippen LogP contribution in [0.5, 0.6) is 0 Å². The molecule has 1 atom stereocenters. The summed E-state index contributed by atoms with van der Waals surface area (Å²) in [4.78, 5) is 31.1. The molecule has 0 saturated carbocycles. The highest BCUT2D eigenvalue weighted by Crippen LogP contribution is 2.35. The zero-order valence-corrected chi connectivity index (χ0v) is 23.9. The average Bonchev–Trinajstić information content (AvgIpc) is 2.96. The minimum absolute atomic E-state index is 0.0484. The molecule has 220 valence electrons. The summed E-state index contributed by atoms with van der Waals surface area (Å²) >= 11 is 6.42. The van der Waals surface area contributed by atoms with Crippen molar-refractivity contribution < 1.29 is 31.9 Å². The third-order valence-corrected chi connectivity index (χ3v) is 9.16. The summed E-state index contributed by atoms with van der Waals surface area (Å²) in [7, 11) is -3.22. The zero-order chi connectivity index (χ0) is 30.9. The van der Waals surface area contributed by atoms with Crippen molar-refractivity contribution in [3.05, 3.63) is 94.1 Å². The van der Waals surface area contributed by atoms with E-state index in [-0.39, 0.29) is 36.7 Å². The molecule has 1 fully saturated rings. The lowest BCUT2D eigenvalue weighted by Crippen LogP contribution is -2.43. The number of aliphatic carboxylic acids is 1. The fourth-order valence-corrected chi connectivity index (χ4v) is 6.49. The van der Waals surface area contributed by atoms with Crippen LogP contribution in [0.3, 0.4) is 0 Å². The van der Waals surface area contributed by atoms with Gasteiger partial charge in [0, 0.05) is 52.9 Å². The predicted molar refractivity (Wildman–Crippen MR) is 157 cm³/mol. The largest absolute Gasteiger partial charge is 0.480 e. The summed E-state index contributed by atoms with van der Waals surface area (Å²) in [6.45, 7) is 0.0969. The number of aromatic nitrogens is 1. The van der Waals surface area contributed by atoms with Crippen molar-refractivity contribution in [2.24, 2.45) is 0 Å². The Kier molecular flexibility index (Phi) is 8.30. The first-order valence-corrected chi connectivity index (χ1v) is 15.2. The molecule has 1 amide bonds. The molecule has 0 radical (unpaired) electrons. The third kappa shape index (κ3) is 6.28. The van der Waals surface area contributed by atoms with Crippen molar-refractivity contribution >= 4 is 49.9 Å². The number of carboxylic acids is 1. The molecule has 1 aliphatic rings. The monoisotopic (exact) mass is 624 g/mol. The van der Waals surface area contributed by atoms with Gasteiger partial charge < -0.3 is 15.3 Å². The molecule has 3 aromatic carbocycles. The van der Waals surface area contributed by atoms with Crippen LogP contribution in [0.2, 0.25) is 5.02 Å². The van der Waals surface area contributed by atoms with Crippen molar-refractivity contribution in [3.8, 4) is 17.2 Å². The number of pyridine rings is 1. The Morgan fingerprint density at radius 1 is 1.07 bits per heavy atom. The topological polar surface area (TPSA) is 140 Å². The standard InChI is InChI=1S/C30H23ClF2N4O5S/c31-23-12-17(16-34)3-5-21(23)22-6-4-18(20-2-1-7-35-28(20)22)13-26(30(39)40)36-29(38)27-24(32)14-19(15-25(27)33)37-8-10-43(41,42)11-9-37/h1-7,12,14-15,26H,8-11,13H2,(H,36,38)(H,39,40). The Hall–Kier alpha value is -4.60. The third-order valence-electron chi connectivity index (χ3n) is 7.24. The fourth-order valence-electron chi connectivity index (χ4n) is 5.01. The van der Waals surface area contributed by atoms with Gasteiger partial charge in [0.15, 0.2) is 9.84 Å². The van der Waals surface area contributed by atoms with Crippen LogP contribution in [0, 0.1) is 23.0 Å².